The van der Waals surface area contributed by atoms with Crippen molar-refractivity contribution in [3.05, 3.63) is 33.9 Å². The Morgan fingerprint density at radius 1 is 1.37 bits per heavy atom. The van der Waals surface area contributed by atoms with E-state index in [1.807, 2.05) is 4.90 Å². The molecule has 1 aromatic heterocycles. The number of carboxylic acids is 1. The first kappa shape index (κ1) is 20.6. The summed E-state index contributed by atoms with van der Waals surface area (Å²) < 4.78 is 22.6. The average Bonchev–Trinajstić information content (AvgIpc) is 3.54. The quantitative estimate of drug-likeness (QED) is 0.652. The zero-order chi connectivity index (χ0) is 21.6. The number of hydrogen-bond donors (Lipinski definition) is 3. The predicted molar refractivity (Wildman–Crippen MR) is 110 cm³/mol. The molecule has 30 heavy (non-hydrogen) atoms. The average molecular weight is 419 g/mol. The molecule has 0 bridgehead atoms. The summed E-state index contributed by atoms with van der Waals surface area (Å²) in [5, 5.41) is 18.6. The number of ether oxygens (including phenoxy) is 1. The van der Waals surface area contributed by atoms with Crippen LogP contribution in [-0.4, -0.2) is 53.6 Å². The number of benzene rings is 1. The normalized spacial score (nSPS) is 21.8. The second-order valence-corrected chi connectivity index (χ2v) is 8.12. The molecule has 1 saturated heterocycles. The standard InChI is InChI=1S/C21H26FN3O5/c1-30-20-17-13(19(27)14(21(28)29)9-25(17)12-2-3-12)8-15(22)18(20)24-6-4-11(5-7-26)16(23)10-24/h8-9,11-12,16,26H,2-7,10,23H2,1H3,(H,28,29)/t11-,16+/m0/s1. The Balaban J connectivity index is 1.89. The molecule has 0 unspecified atom stereocenters. The summed E-state index contributed by atoms with van der Waals surface area (Å²) in [7, 11) is 1.42. The largest absolute Gasteiger partial charge is 0.492 e. The number of aliphatic hydroxyl groups is 1. The molecule has 2 aromatic rings. The summed E-state index contributed by atoms with van der Waals surface area (Å²) in [6, 6.07) is 0.938. The van der Waals surface area contributed by atoms with Crippen molar-refractivity contribution in [2.24, 2.45) is 11.7 Å². The molecule has 2 heterocycles. The van der Waals surface area contributed by atoms with Crippen LogP contribution in [0.5, 0.6) is 5.75 Å². The van der Waals surface area contributed by atoms with Crippen LogP contribution in [-0.2, 0) is 0 Å². The number of anilines is 1. The van der Waals surface area contributed by atoms with Crippen molar-refractivity contribution in [3.8, 4) is 5.75 Å². The molecule has 1 aliphatic heterocycles. The highest BCUT2D eigenvalue weighted by Gasteiger charge is 2.33. The van der Waals surface area contributed by atoms with Gasteiger partial charge in [0.15, 0.2) is 11.6 Å². The number of pyridine rings is 1. The van der Waals surface area contributed by atoms with Gasteiger partial charge in [-0.3, -0.25) is 4.79 Å². The highest BCUT2D eigenvalue weighted by molar-refractivity contribution is 5.97. The molecule has 1 aliphatic carbocycles. The monoisotopic (exact) mass is 419 g/mol. The molecule has 4 rings (SSSR count). The first-order chi connectivity index (χ1) is 14.4. The van der Waals surface area contributed by atoms with Gasteiger partial charge in [-0.2, -0.15) is 0 Å². The molecule has 2 fully saturated rings. The molecular weight excluding hydrogens is 393 g/mol. The highest BCUT2D eigenvalue weighted by Crippen LogP contribution is 2.44. The van der Waals surface area contributed by atoms with Crippen LogP contribution in [0.1, 0.15) is 42.1 Å². The van der Waals surface area contributed by atoms with Gasteiger partial charge in [0.2, 0.25) is 5.43 Å². The van der Waals surface area contributed by atoms with Gasteiger partial charge in [0.1, 0.15) is 11.3 Å². The van der Waals surface area contributed by atoms with E-state index in [1.165, 1.54) is 13.3 Å². The third-order valence-corrected chi connectivity index (χ3v) is 6.20. The number of carbonyl (C=O) groups is 1. The van der Waals surface area contributed by atoms with E-state index in [9.17, 15) is 19.8 Å². The summed E-state index contributed by atoms with van der Waals surface area (Å²) in [4.78, 5) is 26.1. The number of aromatic carboxylic acids is 1. The smallest absolute Gasteiger partial charge is 0.341 e. The van der Waals surface area contributed by atoms with Crippen LogP contribution < -0.4 is 20.8 Å². The van der Waals surface area contributed by atoms with Crippen molar-refractivity contribution >= 4 is 22.6 Å². The van der Waals surface area contributed by atoms with Gasteiger partial charge in [0, 0.05) is 38.0 Å². The SMILES string of the molecule is COc1c(N2CC[C@@H](CCO)[C@H](N)C2)c(F)cc2c(=O)c(C(=O)O)cn(C3CC3)c12. The topological polar surface area (TPSA) is 118 Å². The van der Waals surface area contributed by atoms with Gasteiger partial charge in [0.25, 0.3) is 0 Å². The maximum absolute atomic E-state index is 15.3. The summed E-state index contributed by atoms with van der Waals surface area (Å²) in [6.07, 6.45) is 4.35. The number of nitrogens with two attached hydrogens (primary N) is 1. The van der Waals surface area contributed by atoms with Crippen LogP contribution in [0.2, 0.25) is 0 Å². The molecule has 1 saturated carbocycles. The van der Waals surface area contributed by atoms with E-state index in [0.29, 0.717) is 31.4 Å². The Morgan fingerprint density at radius 2 is 2.10 bits per heavy atom. The molecule has 9 heteroatoms. The second kappa shape index (κ2) is 7.88. The molecule has 8 nitrogen and oxygen atoms in total. The number of rotatable bonds is 6. The van der Waals surface area contributed by atoms with Crippen LogP contribution in [0.3, 0.4) is 0 Å². The fourth-order valence-electron chi connectivity index (χ4n) is 4.48. The van der Waals surface area contributed by atoms with Crippen molar-refractivity contribution in [3.63, 3.8) is 0 Å². The molecule has 1 aromatic carbocycles. The predicted octanol–water partition coefficient (Wildman–Crippen LogP) is 1.72. The van der Waals surface area contributed by atoms with E-state index < -0.39 is 17.2 Å². The minimum atomic E-state index is -1.34. The molecule has 0 radical (unpaired) electrons. The summed E-state index contributed by atoms with van der Waals surface area (Å²) in [5.74, 6) is -1.60. The molecule has 162 valence electrons. The van der Waals surface area contributed by atoms with Crippen molar-refractivity contribution in [1.29, 1.82) is 0 Å². The molecular formula is C21H26FN3O5. The number of carboxylic acid groups (broad SMARTS) is 1. The number of halogens is 1. The minimum Gasteiger partial charge on any atom is -0.492 e. The van der Waals surface area contributed by atoms with Crippen LogP contribution in [0, 0.1) is 11.7 Å². The number of fused-ring (bicyclic) bond motifs is 1. The lowest BCUT2D eigenvalue weighted by molar-refractivity contribution is 0.0694. The van der Waals surface area contributed by atoms with Gasteiger partial charge in [-0.1, -0.05) is 0 Å². The lowest BCUT2D eigenvalue weighted by Crippen LogP contribution is -2.49. The van der Waals surface area contributed by atoms with Crippen molar-refractivity contribution in [2.75, 3.05) is 31.7 Å². The van der Waals surface area contributed by atoms with Crippen molar-refractivity contribution < 1.29 is 24.1 Å². The van der Waals surface area contributed by atoms with Crippen LogP contribution >= 0.6 is 0 Å². The Labute approximate surface area is 172 Å². The molecule has 0 amide bonds. The Hall–Kier alpha value is -2.65. The zero-order valence-corrected chi connectivity index (χ0v) is 16.8. The number of piperidine rings is 1. The van der Waals surface area contributed by atoms with Gasteiger partial charge in [0.05, 0.1) is 18.0 Å². The zero-order valence-electron chi connectivity index (χ0n) is 16.8. The molecule has 2 aliphatic rings. The van der Waals surface area contributed by atoms with Crippen LogP contribution in [0.25, 0.3) is 10.9 Å². The van der Waals surface area contributed by atoms with Crippen molar-refractivity contribution in [1.82, 2.24) is 4.57 Å². The van der Waals surface area contributed by atoms with Gasteiger partial charge >= 0.3 is 5.97 Å². The second-order valence-electron chi connectivity index (χ2n) is 8.12. The first-order valence-corrected chi connectivity index (χ1v) is 10.2. The minimum absolute atomic E-state index is 0.000588. The fraction of sp³-hybridized carbons (Fsp3) is 0.524. The van der Waals surface area contributed by atoms with Gasteiger partial charge in [-0.25, -0.2) is 9.18 Å². The Kier molecular flexibility index (Phi) is 5.42. The van der Waals surface area contributed by atoms with Gasteiger partial charge in [-0.05, 0) is 37.7 Å². The first-order valence-electron chi connectivity index (χ1n) is 10.2. The number of nitrogens with zero attached hydrogens (tertiary/aromatic N) is 2. The van der Waals surface area contributed by atoms with E-state index >= 15 is 4.39 Å². The maximum atomic E-state index is 15.3. The third kappa shape index (κ3) is 3.41. The summed E-state index contributed by atoms with van der Waals surface area (Å²) in [6.45, 7) is 0.994. The Bertz CT molecular complexity index is 1050. The number of methoxy groups -OCH3 is 1. The molecule has 0 spiro atoms. The van der Waals surface area contributed by atoms with E-state index in [0.717, 1.165) is 18.9 Å². The molecule has 2 atom stereocenters. The van der Waals surface area contributed by atoms with E-state index in [2.05, 4.69) is 0 Å². The van der Waals surface area contributed by atoms with Crippen molar-refractivity contribution in [2.45, 2.75) is 37.8 Å². The van der Waals surface area contributed by atoms with Gasteiger partial charge < -0.3 is 30.2 Å². The number of aromatic nitrogens is 1. The Morgan fingerprint density at radius 3 is 2.67 bits per heavy atom. The van der Waals surface area contributed by atoms with Crippen LogP contribution in [0.15, 0.2) is 17.1 Å². The van der Waals surface area contributed by atoms with Gasteiger partial charge in [-0.15, -0.1) is 0 Å². The van der Waals surface area contributed by atoms with Crippen LogP contribution in [0.4, 0.5) is 10.1 Å². The highest BCUT2D eigenvalue weighted by atomic mass is 19.1. The number of hydrogen-bond acceptors (Lipinski definition) is 6. The summed E-state index contributed by atoms with van der Waals surface area (Å²) >= 11 is 0. The van der Waals surface area contributed by atoms with E-state index in [-0.39, 0.29) is 47.0 Å². The third-order valence-electron chi connectivity index (χ3n) is 6.20. The van der Waals surface area contributed by atoms with E-state index in [4.69, 9.17) is 10.5 Å². The number of aliphatic hydroxyl groups excluding tert-OH is 1. The molecule has 4 N–H and O–H groups in total. The lowest BCUT2D eigenvalue weighted by atomic mass is 9.89. The lowest BCUT2D eigenvalue weighted by Gasteiger charge is -2.38. The summed E-state index contributed by atoms with van der Waals surface area (Å²) in [5.41, 5.74) is 5.82. The maximum Gasteiger partial charge on any atom is 0.341 e. The van der Waals surface area contributed by atoms with E-state index in [1.54, 1.807) is 4.57 Å². The fourth-order valence-corrected chi connectivity index (χ4v) is 4.48.